The van der Waals surface area contributed by atoms with Crippen molar-refractivity contribution in [2.24, 2.45) is 0 Å². The molecular weight excluding hydrogens is 334 g/mol. The van der Waals surface area contributed by atoms with Gasteiger partial charge in [-0.1, -0.05) is 28.1 Å². The molecule has 5 heteroatoms. The van der Waals surface area contributed by atoms with Gasteiger partial charge < -0.3 is 14.8 Å². The molecule has 0 saturated carbocycles. The van der Waals surface area contributed by atoms with Crippen LogP contribution in [-0.4, -0.2) is 11.1 Å². The van der Waals surface area contributed by atoms with E-state index in [0.717, 1.165) is 20.9 Å². The number of hydrogen-bond acceptors (Lipinski definition) is 3. The minimum atomic E-state index is -0.982. The minimum absolute atomic E-state index is 0.187. The number of carboxylic acids is 1. The molecule has 3 aromatic rings. The second-order valence-electron chi connectivity index (χ2n) is 4.62. The molecule has 0 aliphatic rings. The van der Waals surface area contributed by atoms with Crippen molar-refractivity contribution in [1.29, 1.82) is 0 Å². The molecule has 3 rings (SSSR count). The van der Waals surface area contributed by atoms with Crippen LogP contribution in [-0.2, 0) is 6.54 Å². The van der Waals surface area contributed by atoms with E-state index in [2.05, 4.69) is 21.2 Å². The highest BCUT2D eigenvalue weighted by Crippen LogP contribution is 2.23. The summed E-state index contributed by atoms with van der Waals surface area (Å²) in [5.41, 5.74) is 1.10. The van der Waals surface area contributed by atoms with E-state index < -0.39 is 5.97 Å². The quantitative estimate of drug-likeness (QED) is 0.730. The van der Waals surface area contributed by atoms with Crippen molar-refractivity contribution < 1.29 is 14.3 Å². The number of carbonyl (C=O) groups is 1. The van der Waals surface area contributed by atoms with Crippen LogP contribution < -0.4 is 5.32 Å². The third kappa shape index (κ3) is 2.92. The van der Waals surface area contributed by atoms with Crippen LogP contribution in [0.5, 0.6) is 0 Å². The number of furan rings is 1. The van der Waals surface area contributed by atoms with Crippen LogP contribution in [0.4, 0.5) is 5.69 Å². The van der Waals surface area contributed by atoms with Gasteiger partial charge in [0.1, 0.15) is 11.3 Å². The molecule has 0 fully saturated rings. The zero-order chi connectivity index (χ0) is 14.8. The Labute approximate surface area is 129 Å². The zero-order valence-corrected chi connectivity index (χ0v) is 12.6. The molecule has 2 N–H and O–H groups in total. The summed E-state index contributed by atoms with van der Waals surface area (Å²) in [5.74, 6) is -0.567. The van der Waals surface area contributed by atoms with E-state index in [1.165, 1.54) is 12.3 Å². The van der Waals surface area contributed by atoms with Gasteiger partial charge in [-0.05, 0) is 41.1 Å². The first-order chi connectivity index (χ1) is 10.1. The molecule has 2 aromatic carbocycles. The molecule has 0 spiro atoms. The van der Waals surface area contributed by atoms with Crippen molar-refractivity contribution >= 4 is 38.4 Å². The summed E-state index contributed by atoms with van der Waals surface area (Å²) in [6.45, 7) is 0.330. The molecule has 21 heavy (non-hydrogen) atoms. The predicted octanol–water partition coefficient (Wildman–Crippen LogP) is 4.51. The van der Waals surface area contributed by atoms with Crippen molar-refractivity contribution in [1.82, 2.24) is 0 Å². The van der Waals surface area contributed by atoms with Gasteiger partial charge in [-0.15, -0.1) is 0 Å². The molecular formula is C16H12BrNO3. The van der Waals surface area contributed by atoms with E-state index in [1.54, 1.807) is 0 Å². The van der Waals surface area contributed by atoms with E-state index in [4.69, 9.17) is 9.52 Å². The Hall–Kier alpha value is -2.27. The van der Waals surface area contributed by atoms with Gasteiger partial charge in [0.2, 0.25) is 0 Å². The van der Waals surface area contributed by atoms with E-state index in [9.17, 15) is 4.79 Å². The standard InChI is InChI=1S/C16H12BrNO3/c17-12-3-1-11-8-13(4-2-10(11)7-12)18-9-15-14(16(19)20)5-6-21-15/h1-8,18H,9H2,(H,19,20). The van der Waals surface area contributed by atoms with Gasteiger partial charge in [-0.25, -0.2) is 4.79 Å². The number of halogens is 1. The molecule has 106 valence electrons. The van der Waals surface area contributed by atoms with Crippen molar-refractivity contribution in [2.75, 3.05) is 5.32 Å². The molecule has 0 atom stereocenters. The molecule has 0 aliphatic carbocycles. The summed E-state index contributed by atoms with van der Waals surface area (Å²) in [6.07, 6.45) is 1.39. The van der Waals surface area contributed by atoms with E-state index >= 15 is 0 Å². The van der Waals surface area contributed by atoms with Gasteiger partial charge in [0, 0.05) is 10.2 Å². The van der Waals surface area contributed by atoms with Crippen LogP contribution in [0.1, 0.15) is 16.1 Å². The summed E-state index contributed by atoms with van der Waals surface area (Å²) in [5, 5.41) is 14.5. The smallest absolute Gasteiger partial charge is 0.339 e. The second-order valence-corrected chi connectivity index (χ2v) is 5.54. The summed E-state index contributed by atoms with van der Waals surface area (Å²) >= 11 is 3.45. The van der Waals surface area contributed by atoms with Crippen LogP contribution >= 0.6 is 15.9 Å². The number of anilines is 1. The predicted molar refractivity (Wildman–Crippen MR) is 84.6 cm³/mol. The first-order valence-corrected chi connectivity index (χ1v) is 7.15. The average molecular weight is 346 g/mol. The maximum atomic E-state index is 11.0. The largest absolute Gasteiger partial charge is 0.478 e. The number of aromatic carboxylic acids is 1. The van der Waals surface area contributed by atoms with Gasteiger partial charge in [0.05, 0.1) is 12.8 Å². The third-order valence-corrected chi connectivity index (χ3v) is 3.72. The molecule has 0 amide bonds. The Bertz CT molecular complexity index is 810. The third-order valence-electron chi connectivity index (χ3n) is 3.23. The number of carboxylic acid groups (broad SMARTS) is 1. The molecule has 0 unspecified atom stereocenters. The normalized spacial score (nSPS) is 10.7. The molecule has 0 radical (unpaired) electrons. The first kappa shape index (κ1) is 13.7. The fourth-order valence-corrected chi connectivity index (χ4v) is 2.56. The minimum Gasteiger partial charge on any atom is -0.478 e. The van der Waals surface area contributed by atoms with Crippen LogP contribution in [0, 0.1) is 0 Å². The molecule has 4 nitrogen and oxygen atoms in total. The summed E-state index contributed by atoms with van der Waals surface area (Å²) in [4.78, 5) is 11.0. The highest BCUT2D eigenvalue weighted by atomic mass is 79.9. The number of nitrogens with one attached hydrogen (secondary N) is 1. The average Bonchev–Trinajstić information content (AvgIpc) is 2.93. The molecule has 0 saturated heterocycles. The van der Waals surface area contributed by atoms with Gasteiger partial charge >= 0.3 is 5.97 Å². The lowest BCUT2D eigenvalue weighted by molar-refractivity contribution is 0.0694. The maximum absolute atomic E-state index is 11.0. The van der Waals surface area contributed by atoms with Gasteiger partial charge in [0.25, 0.3) is 0 Å². The highest BCUT2D eigenvalue weighted by molar-refractivity contribution is 9.10. The molecule has 0 aliphatic heterocycles. The second kappa shape index (κ2) is 5.61. The van der Waals surface area contributed by atoms with Crippen molar-refractivity contribution in [3.05, 3.63) is 64.5 Å². The van der Waals surface area contributed by atoms with Crippen molar-refractivity contribution in [3.63, 3.8) is 0 Å². The fraction of sp³-hybridized carbons (Fsp3) is 0.0625. The van der Waals surface area contributed by atoms with Crippen LogP contribution in [0.15, 0.2) is 57.6 Å². The highest BCUT2D eigenvalue weighted by Gasteiger charge is 2.12. The van der Waals surface area contributed by atoms with Crippen LogP contribution in [0.2, 0.25) is 0 Å². The van der Waals surface area contributed by atoms with Crippen molar-refractivity contribution in [2.45, 2.75) is 6.54 Å². The lowest BCUT2D eigenvalue weighted by atomic mass is 10.1. The summed E-state index contributed by atoms with van der Waals surface area (Å²) in [7, 11) is 0. The SMILES string of the molecule is O=C(O)c1ccoc1CNc1ccc2cc(Br)ccc2c1. The van der Waals surface area contributed by atoms with Gasteiger partial charge in [0.15, 0.2) is 0 Å². The van der Waals surface area contributed by atoms with Crippen LogP contribution in [0.25, 0.3) is 10.8 Å². The maximum Gasteiger partial charge on any atom is 0.339 e. The Balaban J connectivity index is 1.80. The molecule has 0 bridgehead atoms. The lowest BCUT2D eigenvalue weighted by Gasteiger charge is -2.07. The summed E-state index contributed by atoms with van der Waals surface area (Å²) < 4.78 is 6.24. The number of rotatable bonds is 4. The van der Waals surface area contributed by atoms with E-state index in [-0.39, 0.29) is 5.56 Å². The number of fused-ring (bicyclic) bond motifs is 1. The monoisotopic (exact) mass is 345 g/mol. The molecule has 1 heterocycles. The fourth-order valence-electron chi connectivity index (χ4n) is 2.18. The Morgan fingerprint density at radius 2 is 1.90 bits per heavy atom. The van der Waals surface area contributed by atoms with E-state index in [0.29, 0.717) is 12.3 Å². The van der Waals surface area contributed by atoms with Crippen molar-refractivity contribution in [3.8, 4) is 0 Å². The van der Waals surface area contributed by atoms with E-state index in [1.807, 2.05) is 36.4 Å². The summed E-state index contributed by atoms with van der Waals surface area (Å²) in [6, 6.07) is 13.5. The number of benzene rings is 2. The Morgan fingerprint density at radius 1 is 1.14 bits per heavy atom. The molecule has 1 aromatic heterocycles. The zero-order valence-electron chi connectivity index (χ0n) is 11.0. The topological polar surface area (TPSA) is 62.5 Å². The lowest BCUT2D eigenvalue weighted by Crippen LogP contribution is -2.04. The van der Waals surface area contributed by atoms with Gasteiger partial charge in [-0.3, -0.25) is 0 Å². The first-order valence-electron chi connectivity index (χ1n) is 6.36. The Morgan fingerprint density at radius 3 is 2.71 bits per heavy atom. The number of hydrogen-bond donors (Lipinski definition) is 2. The van der Waals surface area contributed by atoms with Gasteiger partial charge in [-0.2, -0.15) is 0 Å². The Kier molecular flexibility index (Phi) is 3.66. The van der Waals surface area contributed by atoms with Crippen LogP contribution in [0.3, 0.4) is 0 Å².